The van der Waals surface area contributed by atoms with Crippen LogP contribution in [0.2, 0.25) is 0 Å². The molecule has 0 N–H and O–H groups in total. The van der Waals surface area contributed by atoms with Crippen LogP contribution in [0, 0.1) is 0 Å². The molecule has 0 aliphatic heterocycles. The summed E-state index contributed by atoms with van der Waals surface area (Å²) < 4.78 is 10.5. The van der Waals surface area contributed by atoms with Gasteiger partial charge in [0, 0.05) is 17.5 Å². The molecule has 4 rings (SSSR count). The molecular formula is C17H12N2O4S. The number of ether oxygens (including phenoxy) is 1. The largest absolute Gasteiger partial charge is 0.496 e. The van der Waals surface area contributed by atoms with Crippen LogP contribution in [0.15, 0.2) is 28.8 Å². The molecule has 3 aromatic rings. The van der Waals surface area contributed by atoms with Crippen LogP contribution in [0.4, 0.5) is 0 Å². The lowest BCUT2D eigenvalue weighted by Gasteiger charge is -2.16. The van der Waals surface area contributed by atoms with Gasteiger partial charge in [0.15, 0.2) is 11.6 Å². The molecule has 0 saturated heterocycles. The fraction of sp³-hybridized carbons (Fsp3) is 0.176. The second-order valence-electron chi connectivity index (χ2n) is 5.26. The lowest BCUT2D eigenvalue weighted by Crippen LogP contribution is -2.19. The highest BCUT2D eigenvalue weighted by molar-refractivity contribution is 7.18. The number of aromatic nitrogens is 2. The minimum atomic E-state index is -0.219. The molecule has 0 bridgehead atoms. The van der Waals surface area contributed by atoms with Crippen molar-refractivity contribution in [2.75, 3.05) is 7.11 Å². The molecule has 1 aliphatic carbocycles. The zero-order valence-corrected chi connectivity index (χ0v) is 13.8. The van der Waals surface area contributed by atoms with E-state index in [1.807, 2.05) is 6.92 Å². The van der Waals surface area contributed by atoms with E-state index in [1.165, 1.54) is 18.4 Å². The third kappa shape index (κ3) is 2.01. The maximum absolute atomic E-state index is 12.9. The lowest BCUT2D eigenvalue weighted by molar-refractivity contribution is 0.0980. The smallest absolute Gasteiger partial charge is 0.268 e. The van der Waals surface area contributed by atoms with Crippen molar-refractivity contribution in [1.82, 2.24) is 10.1 Å². The Morgan fingerprint density at radius 3 is 2.75 bits per heavy atom. The number of aryl methyl sites for hydroxylation is 1. The fourth-order valence-corrected chi connectivity index (χ4v) is 3.74. The van der Waals surface area contributed by atoms with Crippen LogP contribution in [0.3, 0.4) is 0 Å². The van der Waals surface area contributed by atoms with Crippen molar-refractivity contribution in [2.24, 2.45) is 0 Å². The van der Waals surface area contributed by atoms with Gasteiger partial charge in [0.25, 0.3) is 5.89 Å². The zero-order chi connectivity index (χ0) is 16.8. The second kappa shape index (κ2) is 5.38. The topological polar surface area (TPSA) is 82.3 Å². The van der Waals surface area contributed by atoms with Crippen molar-refractivity contribution >= 4 is 22.9 Å². The predicted octanol–water partition coefficient (Wildman–Crippen LogP) is 3.14. The van der Waals surface area contributed by atoms with Gasteiger partial charge < -0.3 is 9.26 Å². The molecule has 6 nitrogen and oxygen atoms in total. The Hall–Kier alpha value is -2.80. The van der Waals surface area contributed by atoms with Gasteiger partial charge in [-0.15, -0.1) is 11.3 Å². The summed E-state index contributed by atoms with van der Waals surface area (Å²) >= 11 is 1.18. The molecule has 0 saturated carbocycles. The normalized spacial score (nSPS) is 12.9. The molecule has 7 heteroatoms. The summed E-state index contributed by atoms with van der Waals surface area (Å²) in [5.74, 6) is 0.888. The van der Waals surface area contributed by atoms with E-state index in [-0.39, 0.29) is 11.6 Å². The van der Waals surface area contributed by atoms with E-state index < -0.39 is 0 Å². The molecule has 1 aliphatic rings. The summed E-state index contributed by atoms with van der Waals surface area (Å²) in [6, 6.07) is 6.66. The van der Waals surface area contributed by atoms with Crippen molar-refractivity contribution in [2.45, 2.75) is 13.3 Å². The minimum absolute atomic E-state index is 0.198. The first-order chi connectivity index (χ1) is 11.6. The molecular weight excluding hydrogens is 328 g/mol. The summed E-state index contributed by atoms with van der Waals surface area (Å²) in [7, 11) is 1.48. The molecule has 0 atom stereocenters. The zero-order valence-electron chi connectivity index (χ0n) is 13.0. The van der Waals surface area contributed by atoms with Crippen LogP contribution < -0.4 is 4.74 Å². The maximum atomic E-state index is 12.9. The molecule has 2 heterocycles. The van der Waals surface area contributed by atoms with Crippen molar-refractivity contribution in [1.29, 1.82) is 0 Å². The van der Waals surface area contributed by atoms with Crippen LogP contribution in [-0.2, 0) is 6.42 Å². The third-order valence-electron chi connectivity index (χ3n) is 3.90. The van der Waals surface area contributed by atoms with Gasteiger partial charge in [0.05, 0.1) is 22.4 Å². The number of fused-ring (bicyclic) bond motifs is 2. The first-order valence-electron chi connectivity index (χ1n) is 7.37. The summed E-state index contributed by atoms with van der Waals surface area (Å²) in [5, 5.41) is 3.85. The Kier molecular flexibility index (Phi) is 3.31. The number of hydrogen-bond donors (Lipinski definition) is 0. The number of carbonyl (C=O) groups is 2. The van der Waals surface area contributed by atoms with Gasteiger partial charge in [-0.3, -0.25) is 9.59 Å². The van der Waals surface area contributed by atoms with Crippen LogP contribution in [0.5, 0.6) is 5.75 Å². The van der Waals surface area contributed by atoms with Crippen molar-refractivity contribution in [3.8, 4) is 16.5 Å². The van der Waals surface area contributed by atoms with Crippen LogP contribution in [0.1, 0.15) is 43.9 Å². The van der Waals surface area contributed by atoms with Crippen LogP contribution in [0.25, 0.3) is 10.8 Å². The van der Waals surface area contributed by atoms with Gasteiger partial charge in [0.1, 0.15) is 5.75 Å². The number of hydrogen-bond acceptors (Lipinski definition) is 7. The highest BCUT2D eigenvalue weighted by Crippen LogP contribution is 2.39. The molecule has 120 valence electrons. The number of methoxy groups -OCH3 is 1. The quantitative estimate of drug-likeness (QED) is 0.570. The number of ketones is 2. The van der Waals surface area contributed by atoms with E-state index in [0.717, 1.165) is 0 Å². The predicted molar refractivity (Wildman–Crippen MR) is 86.8 cm³/mol. The number of nitrogens with zero attached hydrogens (tertiary/aromatic N) is 2. The minimum Gasteiger partial charge on any atom is -0.496 e. The third-order valence-corrected chi connectivity index (χ3v) is 5.02. The number of carbonyl (C=O) groups excluding carboxylic acids is 2. The molecule has 0 spiro atoms. The number of benzene rings is 1. The summed E-state index contributed by atoms with van der Waals surface area (Å²) in [6.45, 7) is 1.92. The highest BCUT2D eigenvalue weighted by atomic mass is 32.1. The fourth-order valence-electron chi connectivity index (χ4n) is 2.71. The summed E-state index contributed by atoms with van der Waals surface area (Å²) in [6.07, 6.45) is 0.648. The van der Waals surface area contributed by atoms with Crippen molar-refractivity contribution in [3.63, 3.8) is 0 Å². The molecule has 0 unspecified atom stereocenters. The SMILES string of the molecule is CCc1noc(-c2cc3c(s2)C(=O)c2c(OC)cccc2C3=O)n1. The Morgan fingerprint density at radius 2 is 2.04 bits per heavy atom. The van der Waals surface area contributed by atoms with Crippen molar-refractivity contribution < 1.29 is 18.8 Å². The van der Waals surface area contributed by atoms with Gasteiger partial charge in [-0.1, -0.05) is 24.2 Å². The van der Waals surface area contributed by atoms with E-state index >= 15 is 0 Å². The number of thiophene rings is 1. The second-order valence-corrected chi connectivity index (χ2v) is 6.32. The monoisotopic (exact) mass is 340 g/mol. The van der Waals surface area contributed by atoms with Gasteiger partial charge in [0.2, 0.25) is 5.78 Å². The number of rotatable bonds is 3. The molecule has 0 fully saturated rings. The average Bonchev–Trinajstić information content (AvgIpc) is 3.25. The van der Waals surface area contributed by atoms with Crippen LogP contribution >= 0.6 is 11.3 Å². The van der Waals surface area contributed by atoms with Gasteiger partial charge >= 0.3 is 0 Å². The Labute approximate surface area is 141 Å². The van der Waals surface area contributed by atoms with E-state index in [0.29, 0.717) is 50.3 Å². The van der Waals surface area contributed by atoms with Gasteiger partial charge in [-0.05, 0) is 12.1 Å². The van der Waals surface area contributed by atoms with Gasteiger partial charge in [-0.2, -0.15) is 4.98 Å². The van der Waals surface area contributed by atoms with E-state index in [4.69, 9.17) is 9.26 Å². The molecule has 0 radical (unpaired) electrons. The lowest BCUT2D eigenvalue weighted by atomic mass is 9.88. The summed E-state index contributed by atoms with van der Waals surface area (Å²) in [4.78, 5) is 30.9. The molecule has 1 aromatic carbocycles. The maximum Gasteiger partial charge on any atom is 0.268 e. The molecule has 24 heavy (non-hydrogen) atoms. The first kappa shape index (κ1) is 14.8. The average molecular weight is 340 g/mol. The van der Waals surface area contributed by atoms with E-state index in [1.54, 1.807) is 24.3 Å². The first-order valence-corrected chi connectivity index (χ1v) is 8.18. The standard InChI is InChI=1S/C17H12N2O4S/c1-3-12-18-17(23-19-12)11-7-9-14(20)8-5-4-6-10(22-2)13(8)15(21)16(9)24-11/h4-7H,3H2,1-2H3. The Balaban J connectivity index is 1.87. The highest BCUT2D eigenvalue weighted by Gasteiger charge is 2.35. The van der Waals surface area contributed by atoms with E-state index in [2.05, 4.69) is 10.1 Å². The summed E-state index contributed by atoms with van der Waals surface area (Å²) in [5.41, 5.74) is 1.04. The molecule has 2 aromatic heterocycles. The van der Waals surface area contributed by atoms with Crippen LogP contribution in [-0.4, -0.2) is 28.8 Å². The molecule has 0 amide bonds. The Bertz CT molecular complexity index is 986. The van der Waals surface area contributed by atoms with E-state index in [9.17, 15) is 9.59 Å². The van der Waals surface area contributed by atoms with Gasteiger partial charge in [-0.25, -0.2) is 0 Å². The Morgan fingerprint density at radius 1 is 1.21 bits per heavy atom. The van der Waals surface area contributed by atoms with Crippen molar-refractivity contribution in [3.05, 3.63) is 51.7 Å².